The Bertz CT molecular complexity index is 626. The molecule has 0 radical (unpaired) electrons. The summed E-state index contributed by atoms with van der Waals surface area (Å²) in [5.74, 6) is 0.883. The molecule has 0 aliphatic rings. The van der Waals surface area contributed by atoms with Crippen molar-refractivity contribution in [2.75, 3.05) is 5.32 Å². The van der Waals surface area contributed by atoms with Crippen molar-refractivity contribution in [1.82, 2.24) is 0 Å². The predicted octanol–water partition coefficient (Wildman–Crippen LogP) is 5.70. The zero-order valence-corrected chi connectivity index (χ0v) is 13.9. The molecule has 0 aromatic heterocycles. The first-order valence-electron chi connectivity index (χ1n) is 6.91. The van der Waals surface area contributed by atoms with Crippen LogP contribution in [0, 0.1) is 6.92 Å². The van der Waals surface area contributed by atoms with Crippen LogP contribution < -0.4 is 10.1 Å². The monoisotopic (exact) mass is 323 g/mol. The number of rotatable bonds is 5. The Morgan fingerprint density at radius 1 is 1.10 bits per heavy atom. The van der Waals surface area contributed by atoms with Gasteiger partial charge in [-0.05, 0) is 68.3 Å². The summed E-state index contributed by atoms with van der Waals surface area (Å²) in [4.78, 5) is 0. The van der Waals surface area contributed by atoms with Gasteiger partial charge in [-0.15, -0.1) is 0 Å². The minimum atomic E-state index is 0.175. The van der Waals surface area contributed by atoms with E-state index in [2.05, 4.69) is 12.2 Å². The predicted molar refractivity (Wildman–Crippen MR) is 90.7 cm³/mol. The largest absolute Gasteiger partial charge is 0.491 e. The lowest BCUT2D eigenvalue weighted by atomic mass is 10.1. The minimum absolute atomic E-state index is 0.175. The van der Waals surface area contributed by atoms with E-state index in [0.717, 1.165) is 22.6 Å². The van der Waals surface area contributed by atoms with Gasteiger partial charge in [-0.2, -0.15) is 0 Å². The second-order valence-electron chi connectivity index (χ2n) is 5.23. The first-order valence-corrected chi connectivity index (χ1v) is 7.66. The van der Waals surface area contributed by atoms with Crippen LogP contribution in [0.2, 0.25) is 10.0 Å². The molecule has 0 heterocycles. The Morgan fingerprint density at radius 3 is 2.52 bits per heavy atom. The molecule has 4 heteroatoms. The molecule has 2 nitrogen and oxygen atoms in total. The van der Waals surface area contributed by atoms with Crippen LogP contribution in [0.5, 0.6) is 5.75 Å². The number of hydrogen-bond acceptors (Lipinski definition) is 2. The molecule has 0 unspecified atom stereocenters. The van der Waals surface area contributed by atoms with Gasteiger partial charge in [0.15, 0.2) is 0 Å². The fourth-order valence-corrected chi connectivity index (χ4v) is 2.43. The van der Waals surface area contributed by atoms with Gasteiger partial charge < -0.3 is 10.1 Å². The molecule has 1 N–H and O–H groups in total. The topological polar surface area (TPSA) is 21.3 Å². The van der Waals surface area contributed by atoms with Crippen molar-refractivity contribution in [2.24, 2.45) is 0 Å². The van der Waals surface area contributed by atoms with Crippen molar-refractivity contribution in [3.05, 3.63) is 57.6 Å². The summed E-state index contributed by atoms with van der Waals surface area (Å²) >= 11 is 12.2. The van der Waals surface area contributed by atoms with Gasteiger partial charge >= 0.3 is 0 Å². The molecule has 0 fully saturated rings. The van der Waals surface area contributed by atoms with Gasteiger partial charge in [0.25, 0.3) is 0 Å². The number of aryl methyl sites for hydroxylation is 1. The smallest absolute Gasteiger partial charge is 0.120 e. The van der Waals surface area contributed by atoms with E-state index < -0.39 is 0 Å². The number of hydrogen-bond donors (Lipinski definition) is 1. The molecule has 0 spiro atoms. The summed E-state index contributed by atoms with van der Waals surface area (Å²) in [5, 5.41) is 4.78. The fourth-order valence-electron chi connectivity index (χ4n) is 2.05. The lowest BCUT2D eigenvalue weighted by molar-refractivity contribution is 0.242. The number of ether oxygens (including phenoxy) is 1. The highest BCUT2D eigenvalue weighted by atomic mass is 35.5. The average molecular weight is 324 g/mol. The van der Waals surface area contributed by atoms with Crippen LogP contribution >= 0.6 is 23.2 Å². The molecule has 0 atom stereocenters. The van der Waals surface area contributed by atoms with E-state index in [1.165, 1.54) is 0 Å². The van der Waals surface area contributed by atoms with Crippen LogP contribution in [0.15, 0.2) is 36.4 Å². The normalized spacial score (nSPS) is 10.8. The van der Waals surface area contributed by atoms with E-state index in [1.54, 1.807) is 6.07 Å². The summed E-state index contributed by atoms with van der Waals surface area (Å²) in [7, 11) is 0. The van der Waals surface area contributed by atoms with E-state index in [4.69, 9.17) is 27.9 Å². The molecular weight excluding hydrogens is 305 g/mol. The van der Waals surface area contributed by atoms with Gasteiger partial charge in [0.1, 0.15) is 5.75 Å². The Kier molecular flexibility index (Phi) is 5.38. The Morgan fingerprint density at radius 2 is 1.86 bits per heavy atom. The molecule has 2 aromatic carbocycles. The lowest BCUT2D eigenvalue weighted by Gasteiger charge is -2.14. The van der Waals surface area contributed by atoms with Crippen molar-refractivity contribution in [2.45, 2.75) is 33.4 Å². The SMILES string of the molecule is Cc1cc(OC(C)C)ccc1NCc1cc(Cl)ccc1Cl. The number of benzene rings is 2. The lowest BCUT2D eigenvalue weighted by Crippen LogP contribution is -2.06. The van der Waals surface area contributed by atoms with Crippen LogP contribution in [-0.2, 0) is 6.54 Å². The Labute approximate surface area is 136 Å². The van der Waals surface area contributed by atoms with Crippen LogP contribution in [0.1, 0.15) is 25.0 Å². The maximum Gasteiger partial charge on any atom is 0.120 e. The van der Waals surface area contributed by atoms with Gasteiger partial charge in [-0.25, -0.2) is 0 Å². The quantitative estimate of drug-likeness (QED) is 0.761. The molecule has 2 rings (SSSR count). The summed E-state index contributed by atoms with van der Waals surface area (Å²) in [6.07, 6.45) is 0.175. The molecule has 0 aliphatic heterocycles. The van der Waals surface area contributed by atoms with Gasteiger partial charge in [0.05, 0.1) is 6.10 Å². The summed E-state index contributed by atoms with van der Waals surface area (Å²) in [6.45, 7) is 6.71. The Balaban J connectivity index is 2.08. The zero-order chi connectivity index (χ0) is 15.4. The van der Waals surface area contributed by atoms with Gasteiger partial charge in [-0.1, -0.05) is 23.2 Å². The molecule has 112 valence electrons. The van der Waals surface area contributed by atoms with Crippen molar-refractivity contribution in [1.29, 1.82) is 0 Å². The van der Waals surface area contributed by atoms with E-state index in [-0.39, 0.29) is 6.10 Å². The first kappa shape index (κ1) is 16.0. The van der Waals surface area contributed by atoms with Gasteiger partial charge in [0.2, 0.25) is 0 Å². The first-order chi connectivity index (χ1) is 9.95. The average Bonchev–Trinajstić information content (AvgIpc) is 2.41. The maximum absolute atomic E-state index is 6.17. The summed E-state index contributed by atoms with van der Waals surface area (Å²) in [6, 6.07) is 11.5. The summed E-state index contributed by atoms with van der Waals surface area (Å²) in [5.41, 5.74) is 3.17. The number of anilines is 1. The molecule has 0 aliphatic carbocycles. The van der Waals surface area contributed by atoms with Crippen molar-refractivity contribution in [3.8, 4) is 5.75 Å². The zero-order valence-electron chi connectivity index (χ0n) is 12.4. The van der Waals surface area contributed by atoms with Crippen LogP contribution in [0.4, 0.5) is 5.69 Å². The third-order valence-corrected chi connectivity index (χ3v) is 3.65. The van der Waals surface area contributed by atoms with Crippen molar-refractivity contribution in [3.63, 3.8) is 0 Å². The molecule has 2 aromatic rings. The highest BCUT2D eigenvalue weighted by Crippen LogP contribution is 2.25. The van der Waals surface area contributed by atoms with Crippen molar-refractivity contribution >= 4 is 28.9 Å². The number of halogens is 2. The van der Waals surface area contributed by atoms with Crippen molar-refractivity contribution < 1.29 is 4.74 Å². The standard InChI is InChI=1S/C17H19Cl2NO/c1-11(2)21-15-5-7-17(12(3)8-15)20-10-13-9-14(18)4-6-16(13)19/h4-9,11,20H,10H2,1-3H3. The van der Waals surface area contributed by atoms with Crippen LogP contribution in [-0.4, -0.2) is 6.10 Å². The maximum atomic E-state index is 6.17. The minimum Gasteiger partial charge on any atom is -0.491 e. The molecule has 0 saturated carbocycles. The number of nitrogens with one attached hydrogen (secondary N) is 1. The van der Waals surface area contributed by atoms with E-state index in [9.17, 15) is 0 Å². The summed E-state index contributed by atoms with van der Waals surface area (Å²) < 4.78 is 5.68. The highest BCUT2D eigenvalue weighted by molar-refractivity contribution is 6.33. The molecule has 0 amide bonds. The van der Waals surface area contributed by atoms with E-state index in [0.29, 0.717) is 16.6 Å². The van der Waals surface area contributed by atoms with Gasteiger partial charge in [0, 0.05) is 22.3 Å². The second-order valence-corrected chi connectivity index (χ2v) is 6.08. The molecular formula is C17H19Cl2NO. The third-order valence-electron chi connectivity index (χ3n) is 3.05. The Hall–Kier alpha value is -1.38. The fraction of sp³-hybridized carbons (Fsp3) is 0.294. The van der Waals surface area contributed by atoms with Crippen LogP contribution in [0.25, 0.3) is 0 Å². The van der Waals surface area contributed by atoms with Crippen LogP contribution in [0.3, 0.4) is 0 Å². The highest BCUT2D eigenvalue weighted by Gasteiger charge is 2.05. The molecule has 0 bridgehead atoms. The van der Waals surface area contributed by atoms with E-state index >= 15 is 0 Å². The van der Waals surface area contributed by atoms with E-state index in [1.807, 2.05) is 44.2 Å². The molecule has 21 heavy (non-hydrogen) atoms. The molecule has 0 saturated heterocycles. The van der Waals surface area contributed by atoms with Gasteiger partial charge in [-0.3, -0.25) is 0 Å². The second kappa shape index (κ2) is 7.06. The third kappa shape index (κ3) is 4.55.